The predicted molar refractivity (Wildman–Crippen MR) is 99.0 cm³/mol. The van der Waals surface area contributed by atoms with Crippen molar-refractivity contribution in [2.24, 2.45) is 5.92 Å². The first kappa shape index (κ1) is 24.9. The van der Waals surface area contributed by atoms with Crippen LogP contribution in [0.1, 0.15) is 27.7 Å². The Kier molecular flexibility index (Phi) is 14.9. The lowest BCUT2D eigenvalue weighted by molar-refractivity contribution is -0.124. The first-order valence-corrected chi connectivity index (χ1v) is 11.0. The third kappa shape index (κ3) is 17.1. The number of carbonyl (C=O) groups is 1. The Balaban J connectivity index is 3.29. The molecule has 0 saturated carbocycles. The standard InChI is InChI=1S/C15H32NO7PS/c1-13(2)15(17)16-5-6-19-7-8-20-9-10-21-11-12-22-24(18,25)23-14(3)4/h13-14H,5-12H2,1-4H3,(H,16,17)(H,18,25). The number of hydrogen-bond acceptors (Lipinski definition) is 7. The first-order chi connectivity index (χ1) is 11.7. The number of carbonyl (C=O) groups excluding carboxylic acids is 1. The molecule has 25 heavy (non-hydrogen) atoms. The average Bonchev–Trinajstić information content (AvgIpc) is 2.50. The summed E-state index contributed by atoms with van der Waals surface area (Å²) in [5.41, 5.74) is 0. The van der Waals surface area contributed by atoms with E-state index in [1.165, 1.54) is 0 Å². The lowest BCUT2D eigenvalue weighted by Crippen LogP contribution is -2.31. The van der Waals surface area contributed by atoms with Crippen LogP contribution >= 0.6 is 6.72 Å². The van der Waals surface area contributed by atoms with E-state index >= 15 is 0 Å². The first-order valence-electron chi connectivity index (χ1n) is 8.41. The Morgan fingerprint density at radius 2 is 1.44 bits per heavy atom. The molecule has 0 bridgehead atoms. The van der Waals surface area contributed by atoms with Crippen LogP contribution in [-0.2, 0) is 39.9 Å². The van der Waals surface area contributed by atoms with Gasteiger partial charge in [-0.15, -0.1) is 0 Å². The predicted octanol–water partition coefficient (Wildman–Crippen LogP) is 1.47. The Morgan fingerprint density at radius 3 is 1.92 bits per heavy atom. The van der Waals surface area contributed by atoms with Gasteiger partial charge >= 0.3 is 6.72 Å². The smallest absolute Gasteiger partial charge is 0.324 e. The maximum absolute atomic E-state index is 11.3. The van der Waals surface area contributed by atoms with E-state index < -0.39 is 6.72 Å². The van der Waals surface area contributed by atoms with Gasteiger partial charge in [-0.25, -0.2) is 0 Å². The molecule has 0 rings (SSSR count). The van der Waals surface area contributed by atoms with Gasteiger partial charge in [0.2, 0.25) is 5.91 Å². The lowest BCUT2D eigenvalue weighted by atomic mass is 10.2. The van der Waals surface area contributed by atoms with E-state index in [1.54, 1.807) is 13.8 Å². The van der Waals surface area contributed by atoms with Gasteiger partial charge < -0.3 is 33.5 Å². The fraction of sp³-hybridized carbons (Fsp3) is 0.933. The minimum Gasteiger partial charge on any atom is -0.377 e. The Labute approximate surface area is 155 Å². The van der Waals surface area contributed by atoms with Crippen LogP contribution in [0.15, 0.2) is 0 Å². The van der Waals surface area contributed by atoms with Gasteiger partial charge in [0.1, 0.15) is 0 Å². The molecule has 0 aliphatic carbocycles. The van der Waals surface area contributed by atoms with Crippen molar-refractivity contribution in [2.75, 3.05) is 52.8 Å². The third-order valence-electron chi connectivity index (χ3n) is 2.64. The normalized spacial score (nSPS) is 14.0. The third-order valence-corrected chi connectivity index (χ3v) is 4.41. The van der Waals surface area contributed by atoms with Gasteiger partial charge in [0.05, 0.1) is 52.4 Å². The quantitative estimate of drug-likeness (QED) is 0.297. The molecule has 0 aromatic carbocycles. The fourth-order valence-electron chi connectivity index (χ4n) is 1.50. The molecule has 0 aliphatic rings. The molecule has 0 heterocycles. The molecule has 0 aromatic rings. The molecule has 1 unspecified atom stereocenters. The SMILES string of the molecule is CC(C)OP(O)(=S)OCCOCCOCCOCCNC(=O)C(C)C. The Morgan fingerprint density at radius 1 is 0.960 bits per heavy atom. The fourth-order valence-corrected chi connectivity index (χ4v) is 3.14. The molecule has 150 valence electrons. The minimum absolute atomic E-state index is 0.0155. The highest BCUT2D eigenvalue weighted by molar-refractivity contribution is 8.07. The summed E-state index contributed by atoms with van der Waals surface area (Å²) in [6, 6.07) is 0. The lowest BCUT2D eigenvalue weighted by Gasteiger charge is -2.17. The van der Waals surface area contributed by atoms with Crippen LogP contribution in [0.3, 0.4) is 0 Å². The van der Waals surface area contributed by atoms with Crippen molar-refractivity contribution in [3.05, 3.63) is 0 Å². The molecule has 0 saturated heterocycles. The summed E-state index contributed by atoms with van der Waals surface area (Å²) in [5, 5.41) is 2.77. The zero-order valence-electron chi connectivity index (χ0n) is 15.6. The number of amides is 1. The van der Waals surface area contributed by atoms with Gasteiger partial charge in [-0.2, -0.15) is 0 Å². The molecule has 0 aromatic heterocycles. The highest BCUT2D eigenvalue weighted by Crippen LogP contribution is 2.44. The van der Waals surface area contributed by atoms with E-state index in [-0.39, 0.29) is 24.5 Å². The zero-order chi connectivity index (χ0) is 19.1. The van der Waals surface area contributed by atoms with Crippen LogP contribution in [0.25, 0.3) is 0 Å². The molecule has 2 N–H and O–H groups in total. The van der Waals surface area contributed by atoms with Crippen LogP contribution in [0, 0.1) is 5.92 Å². The number of nitrogens with one attached hydrogen (secondary N) is 1. The Bertz CT molecular complexity index is 396. The van der Waals surface area contributed by atoms with Crippen LogP contribution in [0.2, 0.25) is 0 Å². The summed E-state index contributed by atoms with van der Waals surface area (Å²) >= 11 is 4.83. The second-order valence-corrected chi connectivity index (χ2v) is 8.53. The summed E-state index contributed by atoms with van der Waals surface area (Å²) in [6.45, 7) is 7.27. The van der Waals surface area contributed by atoms with E-state index in [0.717, 1.165) is 0 Å². The van der Waals surface area contributed by atoms with Crippen molar-refractivity contribution in [2.45, 2.75) is 33.8 Å². The summed E-state index contributed by atoms with van der Waals surface area (Å²) < 4.78 is 26.2. The summed E-state index contributed by atoms with van der Waals surface area (Å²) in [6.07, 6.45) is -0.182. The zero-order valence-corrected chi connectivity index (χ0v) is 17.3. The molecular weight excluding hydrogens is 369 g/mol. The van der Waals surface area contributed by atoms with Crippen LogP contribution in [0.5, 0.6) is 0 Å². The molecule has 0 spiro atoms. The van der Waals surface area contributed by atoms with Gasteiger partial charge in [-0.05, 0) is 25.7 Å². The van der Waals surface area contributed by atoms with Gasteiger partial charge in [-0.3, -0.25) is 4.79 Å². The van der Waals surface area contributed by atoms with Crippen LogP contribution in [-0.4, -0.2) is 69.7 Å². The molecule has 0 fully saturated rings. The van der Waals surface area contributed by atoms with Crippen molar-refractivity contribution in [1.82, 2.24) is 5.32 Å². The van der Waals surface area contributed by atoms with Crippen LogP contribution < -0.4 is 5.32 Å². The van der Waals surface area contributed by atoms with Crippen molar-refractivity contribution in [1.29, 1.82) is 0 Å². The van der Waals surface area contributed by atoms with E-state index in [0.29, 0.717) is 46.2 Å². The van der Waals surface area contributed by atoms with E-state index in [9.17, 15) is 9.69 Å². The van der Waals surface area contributed by atoms with Gasteiger partial charge in [0.15, 0.2) is 0 Å². The molecule has 8 nitrogen and oxygen atoms in total. The van der Waals surface area contributed by atoms with E-state index in [1.807, 2.05) is 13.8 Å². The number of ether oxygens (including phenoxy) is 3. The van der Waals surface area contributed by atoms with Crippen molar-refractivity contribution < 1.29 is 32.9 Å². The average molecular weight is 401 g/mol. The van der Waals surface area contributed by atoms with E-state index in [4.69, 9.17) is 35.1 Å². The van der Waals surface area contributed by atoms with Gasteiger partial charge in [0, 0.05) is 12.5 Å². The number of hydrogen-bond donors (Lipinski definition) is 2. The molecule has 0 radical (unpaired) electrons. The van der Waals surface area contributed by atoms with E-state index in [2.05, 4.69) is 5.32 Å². The molecule has 1 amide bonds. The molecule has 10 heteroatoms. The largest absolute Gasteiger partial charge is 0.377 e. The molecular formula is C15H32NO7PS. The summed E-state index contributed by atoms with van der Waals surface area (Å²) in [5.74, 6) is 0.00611. The topological polar surface area (TPSA) is 95.5 Å². The summed E-state index contributed by atoms with van der Waals surface area (Å²) in [7, 11) is 0. The monoisotopic (exact) mass is 401 g/mol. The van der Waals surface area contributed by atoms with Gasteiger partial charge in [0.25, 0.3) is 0 Å². The maximum atomic E-state index is 11.3. The van der Waals surface area contributed by atoms with Crippen LogP contribution in [0.4, 0.5) is 0 Å². The highest BCUT2D eigenvalue weighted by Gasteiger charge is 2.16. The second-order valence-electron chi connectivity index (χ2n) is 5.74. The highest BCUT2D eigenvalue weighted by atomic mass is 32.5. The molecule has 1 atom stereocenters. The molecule has 0 aliphatic heterocycles. The maximum Gasteiger partial charge on any atom is 0.324 e. The second kappa shape index (κ2) is 15.0. The summed E-state index contributed by atoms with van der Waals surface area (Å²) in [4.78, 5) is 21.0. The van der Waals surface area contributed by atoms with Crippen molar-refractivity contribution in [3.63, 3.8) is 0 Å². The van der Waals surface area contributed by atoms with Crippen molar-refractivity contribution >= 4 is 24.4 Å². The minimum atomic E-state index is -3.16. The van der Waals surface area contributed by atoms with Crippen molar-refractivity contribution in [3.8, 4) is 0 Å². The van der Waals surface area contributed by atoms with Gasteiger partial charge in [-0.1, -0.05) is 13.8 Å². The Hall–Kier alpha value is -0.120. The number of rotatable bonds is 16.